The molecule has 204 valence electrons. The van der Waals surface area contributed by atoms with Gasteiger partial charge in [-0.1, -0.05) is 85.8 Å². The Labute approximate surface area is 230 Å². The van der Waals surface area contributed by atoms with Gasteiger partial charge in [0.2, 0.25) is 0 Å². The molecular weight excluding hydrogens is 490 g/mol. The Hall–Kier alpha value is -3.68. The van der Waals surface area contributed by atoms with E-state index in [0.29, 0.717) is 37.5 Å². The summed E-state index contributed by atoms with van der Waals surface area (Å²) in [6.45, 7) is 4.68. The summed E-state index contributed by atoms with van der Waals surface area (Å²) in [5.74, 6) is -0.183. The van der Waals surface area contributed by atoms with Crippen LogP contribution in [0.2, 0.25) is 0 Å². The second-order valence-corrected chi connectivity index (χ2v) is 10.9. The fourth-order valence-corrected chi connectivity index (χ4v) is 5.91. The maximum Gasteiger partial charge on any atom is 0.338 e. The molecule has 3 aromatic carbocycles. The Bertz CT molecular complexity index is 1280. The molecule has 39 heavy (non-hydrogen) atoms. The molecule has 0 aromatic heterocycles. The Kier molecular flexibility index (Phi) is 7.73. The fourth-order valence-electron chi connectivity index (χ4n) is 5.91. The molecule has 0 radical (unpaired) electrons. The normalized spacial score (nSPS) is 29.4. The molecule has 7 heteroatoms. The monoisotopic (exact) mass is 527 g/mol. The van der Waals surface area contributed by atoms with Crippen LogP contribution in [0.15, 0.2) is 96.0 Å². The van der Waals surface area contributed by atoms with Crippen LogP contribution in [0, 0.1) is 5.92 Å². The van der Waals surface area contributed by atoms with Crippen molar-refractivity contribution in [1.29, 1.82) is 0 Å². The number of rotatable bonds is 7. The molecular formula is C32H37N3O4. The van der Waals surface area contributed by atoms with Crippen LogP contribution in [0.4, 0.5) is 0 Å². The summed E-state index contributed by atoms with van der Waals surface area (Å²) in [5.41, 5.74) is 0.623. The average molecular weight is 528 g/mol. The summed E-state index contributed by atoms with van der Waals surface area (Å²) >= 11 is 0. The largest absolute Gasteiger partial charge is 0.456 e. The minimum atomic E-state index is -1.31. The zero-order valence-electron chi connectivity index (χ0n) is 22.5. The summed E-state index contributed by atoms with van der Waals surface area (Å²) < 4.78 is 5.93. The van der Waals surface area contributed by atoms with Crippen LogP contribution in [0.3, 0.4) is 0 Å². The standard InChI is InChI=1S/C32H37N3O4/c1-3-32-20-27(39-29(37)25-17-11-6-12-18-25)31(2,38)19-26(32)28(36)35(22-24-15-9-5-10-16-24)30(34-32)33-21-23-13-7-4-8-14-23/h4-18,26-28,36,38H,3,19-22H2,1-2H3,(H,33,34)/t26-,27-,28-,31+,32+/m1/s1. The number of guanidine groups is 1. The number of benzene rings is 3. The SMILES string of the molecule is CC[C@]12C[C@@H](OC(=O)c3ccccc3)[C@@](C)(O)C[C@@H]1[C@@H](O)N(Cc1ccccc1)C(=NCc1ccccc1)N2. The highest BCUT2D eigenvalue weighted by Crippen LogP contribution is 2.47. The van der Waals surface area contributed by atoms with Gasteiger partial charge in [0, 0.05) is 18.9 Å². The second kappa shape index (κ2) is 11.2. The summed E-state index contributed by atoms with van der Waals surface area (Å²) in [4.78, 5) is 19.8. The van der Waals surface area contributed by atoms with Crippen molar-refractivity contribution in [1.82, 2.24) is 10.2 Å². The van der Waals surface area contributed by atoms with Gasteiger partial charge in [0.05, 0.1) is 23.2 Å². The minimum Gasteiger partial charge on any atom is -0.456 e. The highest BCUT2D eigenvalue weighted by Gasteiger charge is 2.59. The Morgan fingerprint density at radius 3 is 2.18 bits per heavy atom. The first kappa shape index (κ1) is 26.9. The van der Waals surface area contributed by atoms with E-state index in [2.05, 4.69) is 12.2 Å². The topological polar surface area (TPSA) is 94.4 Å². The van der Waals surface area contributed by atoms with E-state index in [0.717, 1.165) is 11.1 Å². The van der Waals surface area contributed by atoms with Crippen LogP contribution in [0.5, 0.6) is 0 Å². The first-order chi connectivity index (χ1) is 18.8. The number of aliphatic hydroxyl groups is 2. The lowest BCUT2D eigenvalue weighted by Gasteiger charge is -2.58. The smallest absolute Gasteiger partial charge is 0.338 e. The van der Waals surface area contributed by atoms with Gasteiger partial charge < -0.3 is 25.2 Å². The summed E-state index contributed by atoms with van der Waals surface area (Å²) in [6, 6.07) is 28.8. The maximum atomic E-state index is 13.0. The van der Waals surface area contributed by atoms with Crippen molar-refractivity contribution in [2.45, 2.75) is 69.7 Å². The van der Waals surface area contributed by atoms with Gasteiger partial charge >= 0.3 is 5.97 Å². The Balaban J connectivity index is 1.46. The van der Waals surface area contributed by atoms with E-state index in [-0.39, 0.29) is 12.3 Å². The zero-order valence-corrected chi connectivity index (χ0v) is 22.5. The molecule has 2 fully saturated rings. The lowest BCUT2D eigenvalue weighted by molar-refractivity contribution is -0.173. The van der Waals surface area contributed by atoms with E-state index in [4.69, 9.17) is 9.73 Å². The molecule has 0 amide bonds. The fraction of sp³-hybridized carbons (Fsp3) is 0.375. The molecule has 1 saturated carbocycles. The molecule has 3 aromatic rings. The van der Waals surface area contributed by atoms with Gasteiger partial charge in [0.25, 0.3) is 0 Å². The highest BCUT2D eigenvalue weighted by molar-refractivity contribution is 5.89. The first-order valence-electron chi connectivity index (χ1n) is 13.6. The molecule has 2 aliphatic rings. The third-order valence-corrected chi connectivity index (χ3v) is 8.24. The quantitative estimate of drug-likeness (QED) is 0.392. The number of ether oxygens (including phenoxy) is 1. The van der Waals surface area contributed by atoms with Crippen LogP contribution >= 0.6 is 0 Å². The highest BCUT2D eigenvalue weighted by atomic mass is 16.6. The predicted molar refractivity (Wildman–Crippen MR) is 151 cm³/mol. The Morgan fingerprint density at radius 1 is 0.974 bits per heavy atom. The van der Waals surface area contributed by atoms with Crippen molar-refractivity contribution in [2.75, 3.05) is 0 Å². The van der Waals surface area contributed by atoms with Gasteiger partial charge in [-0.05, 0) is 43.0 Å². The molecule has 1 saturated heterocycles. The van der Waals surface area contributed by atoms with Crippen LogP contribution in [-0.4, -0.2) is 50.5 Å². The number of carbonyl (C=O) groups excluding carboxylic acids is 1. The first-order valence-corrected chi connectivity index (χ1v) is 13.6. The molecule has 1 aliphatic carbocycles. The molecule has 1 heterocycles. The summed E-state index contributed by atoms with van der Waals surface area (Å²) in [6.07, 6.45) is -0.372. The number of nitrogens with one attached hydrogen (secondary N) is 1. The van der Waals surface area contributed by atoms with Crippen LogP contribution in [0.25, 0.3) is 0 Å². The maximum absolute atomic E-state index is 13.0. The average Bonchev–Trinajstić information content (AvgIpc) is 2.96. The summed E-state index contributed by atoms with van der Waals surface area (Å²) in [7, 11) is 0. The van der Waals surface area contributed by atoms with Crippen LogP contribution in [-0.2, 0) is 17.8 Å². The minimum absolute atomic E-state index is 0.263. The van der Waals surface area contributed by atoms with Crippen molar-refractivity contribution in [3.8, 4) is 0 Å². The van der Waals surface area contributed by atoms with Gasteiger partial charge in [-0.3, -0.25) is 0 Å². The van der Waals surface area contributed by atoms with Gasteiger partial charge in [-0.25, -0.2) is 9.79 Å². The number of carbonyl (C=O) groups is 1. The van der Waals surface area contributed by atoms with Gasteiger partial charge in [-0.15, -0.1) is 0 Å². The number of hydrogen-bond donors (Lipinski definition) is 3. The predicted octanol–water partition coefficient (Wildman–Crippen LogP) is 4.50. The third-order valence-electron chi connectivity index (χ3n) is 8.24. The lowest BCUT2D eigenvalue weighted by atomic mass is 9.63. The summed E-state index contributed by atoms with van der Waals surface area (Å²) in [5, 5.41) is 27.1. The van der Waals surface area contributed by atoms with E-state index < -0.39 is 29.4 Å². The second-order valence-electron chi connectivity index (χ2n) is 10.9. The Morgan fingerprint density at radius 2 is 1.56 bits per heavy atom. The van der Waals surface area contributed by atoms with E-state index >= 15 is 0 Å². The van der Waals surface area contributed by atoms with E-state index in [1.165, 1.54) is 0 Å². The zero-order chi connectivity index (χ0) is 27.5. The third kappa shape index (κ3) is 5.70. The van der Waals surface area contributed by atoms with Crippen LogP contribution in [0.1, 0.15) is 54.6 Å². The van der Waals surface area contributed by atoms with E-state index in [9.17, 15) is 15.0 Å². The van der Waals surface area contributed by atoms with E-state index in [1.54, 1.807) is 31.2 Å². The molecule has 5 rings (SSSR count). The van der Waals surface area contributed by atoms with E-state index in [1.807, 2.05) is 71.6 Å². The number of esters is 1. The van der Waals surface area contributed by atoms with Gasteiger partial charge in [0.1, 0.15) is 12.3 Å². The number of aliphatic hydroxyl groups excluding tert-OH is 1. The van der Waals surface area contributed by atoms with Crippen LogP contribution < -0.4 is 5.32 Å². The van der Waals surface area contributed by atoms with Crippen molar-refractivity contribution >= 4 is 11.9 Å². The number of hydrogen-bond acceptors (Lipinski definition) is 5. The van der Waals surface area contributed by atoms with Gasteiger partial charge in [0.15, 0.2) is 5.96 Å². The van der Waals surface area contributed by atoms with Crippen molar-refractivity contribution < 1.29 is 19.7 Å². The number of fused-ring (bicyclic) bond motifs is 1. The molecule has 0 spiro atoms. The lowest BCUT2D eigenvalue weighted by Crippen LogP contribution is -2.74. The molecule has 5 atom stereocenters. The molecule has 1 aliphatic heterocycles. The number of nitrogens with zero attached hydrogens (tertiary/aromatic N) is 2. The van der Waals surface area contributed by atoms with Crippen molar-refractivity contribution in [3.63, 3.8) is 0 Å². The van der Waals surface area contributed by atoms with Crippen molar-refractivity contribution in [3.05, 3.63) is 108 Å². The van der Waals surface area contributed by atoms with Crippen molar-refractivity contribution in [2.24, 2.45) is 10.9 Å². The molecule has 3 N–H and O–H groups in total. The molecule has 0 bridgehead atoms. The molecule has 0 unspecified atom stereocenters. The number of aliphatic imine (C=N–C) groups is 1. The molecule has 7 nitrogen and oxygen atoms in total. The van der Waals surface area contributed by atoms with Gasteiger partial charge in [-0.2, -0.15) is 0 Å².